The summed E-state index contributed by atoms with van der Waals surface area (Å²) < 4.78 is 2.11. The average Bonchev–Trinajstić information content (AvgIpc) is 2.98. The zero-order valence-electron chi connectivity index (χ0n) is 14.6. The quantitative estimate of drug-likeness (QED) is 0.907. The van der Waals surface area contributed by atoms with Crippen LogP contribution < -0.4 is 11.1 Å². The van der Waals surface area contributed by atoms with E-state index in [2.05, 4.69) is 35.9 Å². The van der Waals surface area contributed by atoms with Gasteiger partial charge in [-0.05, 0) is 45.6 Å². The Labute approximate surface area is 143 Å². The van der Waals surface area contributed by atoms with Crippen LogP contribution in [0.4, 0.5) is 0 Å². The highest BCUT2D eigenvalue weighted by atomic mass is 16.1. The van der Waals surface area contributed by atoms with E-state index in [1.54, 1.807) is 0 Å². The summed E-state index contributed by atoms with van der Waals surface area (Å²) in [6.45, 7) is 6.48. The number of amides is 1. The molecule has 128 valence electrons. The van der Waals surface area contributed by atoms with E-state index in [1.807, 2.05) is 36.5 Å². The van der Waals surface area contributed by atoms with Crippen LogP contribution in [0.2, 0.25) is 0 Å². The van der Waals surface area contributed by atoms with Crippen molar-refractivity contribution >= 4 is 5.91 Å². The molecule has 2 atom stereocenters. The summed E-state index contributed by atoms with van der Waals surface area (Å²) in [5.41, 5.74) is 8.98. The van der Waals surface area contributed by atoms with Gasteiger partial charge < -0.3 is 5.73 Å². The maximum absolute atomic E-state index is 12.0. The molecule has 1 amide bonds. The first kappa shape index (κ1) is 16.7. The van der Waals surface area contributed by atoms with Crippen LogP contribution in [0.15, 0.2) is 36.5 Å². The molecule has 1 aliphatic carbocycles. The van der Waals surface area contributed by atoms with E-state index in [0.717, 1.165) is 24.8 Å². The van der Waals surface area contributed by atoms with Gasteiger partial charge in [0.25, 0.3) is 0 Å². The molecule has 2 aromatic rings. The molecule has 1 aromatic heterocycles. The third-order valence-electron chi connectivity index (χ3n) is 4.60. The molecule has 24 heavy (non-hydrogen) atoms. The van der Waals surface area contributed by atoms with Crippen molar-refractivity contribution in [1.82, 2.24) is 15.1 Å². The zero-order valence-corrected chi connectivity index (χ0v) is 14.6. The largest absolute Gasteiger partial charge is 0.368 e. The first-order chi connectivity index (χ1) is 11.4. The normalized spacial score (nSPS) is 18.9. The van der Waals surface area contributed by atoms with Crippen LogP contribution in [0, 0.1) is 0 Å². The molecule has 0 aliphatic heterocycles. The fraction of sp³-hybridized carbons (Fsp3) is 0.474. The highest BCUT2D eigenvalue weighted by Crippen LogP contribution is 2.33. The molecule has 5 nitrogen and oxygen atoms in total. The van der Waals surface area contributed by atoms with E-state index in [9.17, 15) is 4.79 Å². The van der Waals surface area contributed by atoms with Crippen LogP contribution in [0.25, 0.3) is 0 Å². The Bertz CT molecular complexity index is 715. The Morgan fingerprint density at radius 2 is 2.04 bits per heavy atom. The molecule has 0 saturated heterocycles. The number of carbonyl (C=O) groups excluding carboxylic acids is 1. The number of hydrogen-bond acceptors (Lipinski definition) is 3. The number of primary amides is 1. The molecule has 1 aromatic carbocycles. The Morgan fingerprint density at radius 1 is 1.33 bits per heavy atom. The molecular formula is C19H26N4O. The lowest BCUT2D eigenvalue weighted by Crippen LogP contribution is -2.37. The summed E-state index contributed by atoms with van der Waals surface area (Å²) in [5, 5.41) is 8.07. The minimum Gasteiger partial charge on any atom is -0.368 e. The molecule has 5 heteroatoms. The maximum Gasteiger partial charge on any atom is 0.239 e. The lowest BCUT2D eigenvalue weighted by molar-refractivity contribution is -0.120. The second-order valence-corrected chi connectivity index (χ2v) is 7.49. The van der Waals surface area contributed by atoms with Gasteiger partial charge in [-0.15, -0.1) is 0 Å². The Balaban J connectivity index is 1.89. The van der Waals surface area contributed by atoms with Gasteiger partial charge in [-0.1, -0.05) is 30.3 Å². The van der Waals surface area contributed by atoms with Crippen LogP contribution in [0.3, 0.4) is 0 Å². The van der Waals surface area contributed by atoms with E-state index in [0.29, 0.717) is 0 Å². The number of nitrogens with zero attached hydrogens (tertiary/aromatic N) is 2. The van der Waals surface area contributed by atoms with E-state index in [-0.39, 0.29) is 17.5 Å². The smallest absolute Gasteiger partial charge is 0.239 e. The standard InChI is InChI=1S/C19H26N4O/c1-19(2,3)23-16-11-7-10-15(14(16)12-21-23)22-17(18(20)24)13-8-5-4-6-9-13/h4-6,8-9,12,15,17,22H,7,10-11H2,1-3H3,(H2,20,24)/t15-,17+/m0/s1. The zero-order chi connectivity index (χ0) is 17.3. The predicted molar refractivity (Wildman–Crippen MR) is 94.4 cm³/mol. The highest BCUT2D eigenvalue weighted by molar-refractivity contribution is 5.81. The maximum atomic E-state index is 12.0. The van der Waals surface area contributed by atoms with Crippen molar-refractivity contribution in [3.05, 3.63) is 53.3 Å². The molecular weight excluding hydrogens is 300 g/mol. The second kappa shape index (κ2) is 6.40. The van der Waals surface area contributed by atoms with Crippen LogP contribution in [-0.4, -0.2) is 15.7 Å². The van der Waals surface area contributed by atoms with Gasteiger partial charge >= 0.3 is 0 Å². The highest BCUT2D eigenvalue weighted by Gasteiger charge is 2.30. The molecule has 0 spiro atoms. The number of benzene rings is 1. The van der Waals surface area contributed by atoms with Crippen molar-refractivity contribution in [2.75, 3.05) is 0 Å². The van der Waals surface area contributed by atoms with Crippen LogP contribution in [-0.2, 0) is 16.8 Å². The van der Waals surface area contributed by atoms with Crippen molar-refractivity contribution in [1.29, 1.82) is 0 Å². The van der Waals surface area contributed by atoms with Gasteiger partial charge in [0, 0.05) is 17.3 Å². The molecule has 0 radical (unpaired) electrons. The van der Waals surface area contributed by atoms with Crippen molar-refractivity contribution in [2.45, 2.75) is 57.7 Å². The van der Waals surface area contributed by atoms with Crippen molar-refractivity contribution in [3.8, 4) is 0 Å². The number of rotatable bonds is 4. The molecule has 0 unspecified atom stereocenters. The summed E-state index contributed by atoms with van der Waals surface area (Å²) in [5.74, 6) is -0.350. The molecule has 1 aliphatic rings. The third-order valence-corrected chi connectivity index (χ3v) is 4.60. The number of nitrogens with two attached hydrogens (primary N) is 1. The molecule has 3 N–H and O–H groups in total. The van der Waals surface area contributed by atoms with Gasteiger partial charge in [0.2, 0.25) is 5.91 Å². The number of hydrogen-bond donors (Lipinski definition) is 2. The van der Waals surface area contributed by atoms with Gasteiger partial charge in [-0.3, -0.25) is 14.8 Å². The number of aromatic nitrogens is 2. The SMILES string of the molecule is CC(C)(C)n1ncc2c1CCC[C@@H]2N[C@@H](C(N)=O)c1ccccc1. The Morgan fingerprint density at radius 3 is 2.67 bits per heavy atom. The number of nitrogens with one attached hydrogen (secondary N) is 1. The van der Waals surface area contributed by atoms with Gasteiger partial charge in [-0.2, -0.15) is 5.10 Å². The van der Waals surface area contributed by atoms with Crippen LogP contribution in [0.1, 0.15) is 62.5 Å². The molecule has 0 bridgehead atoms. The fourth-order valence-corrected chi connectivity index (χ4v) is 3.50. The minimum absolute atomic E-state index is 0.0437. The average molecular weight is 326 g/mol. The van der Waals surface area contributed by atoms with Crippen LogP contribution >= 0.6 is 0 Å². The van der Waals surface area contributed by atoms with E-state index in [1.165, 1.54) is 11.3 Å². The summed E-state index contributed by atoms with van der Waals surface area (Å²) in [6.07, 6.45) is 5.03. The second-order valence-electron chi connectivity index (χ2n) is 7.49. The Hall–Kier alpha value is -2.14. The molecule has 1 heterocycles. The predicted octanol–water partition coefficient (Wildman–Crippen LogP) is 2.83. The van der Waals surface area contributed by atoms with Crippen LogP contribution in [0.5, 0.6) is 0 Å². The molecule has 3 rings (SSSR count). The summed E-state index contributed by atoms with van der Waals surface area (Å²) in [6, 6.07) is 9.28. The third kappa shape index (κ3) is 3.22. The topological polar surface area (TPSA) is 72.9 Å². The fourth-order valence-electron chi connectivity index (χ4n) is 3.50. The minimum atomic E-state index is -0.486. The summed E-state index contributed by atoms with van der Waals surface area (Å²) in [7, 11) is 0. The lowest BCUT2D eigenvalue weighted by Gasteiger charge is -2.30. The van der Waals surface area contributed by atoms with Crippen molar-refractivity contribution in [3.63, 3.8) is 0 Å². The number of fused-ring (bicyclic) bond motifs is 1. The van der Waals surface area contributed by atoms with Crippen molar-refractivity contribution in [2.24, 2.45) is 5.73 Å². The first-order valence-electron chi connectivity index (χ1n) is 8.55. The van der Waals surface area contributed by atoms with E-state index >= 15 is 0 Å². The van der Waals surface area contributed by atoms with Gasteiger partial charge in [0.05, 0.1) is 11.7 Å². The molecule has 0 saturated carbocycles. The Kier molecular flexibility index (Phi) is 4.45. The van der Waals surface area contributed by atoms with Gasteiger partial charge in [0.15, 0.2) is 0 Å². The van der Waals surface area contributed by atoms with E-state index in [4.69, 9.17) is 5.73 Å². The summed E-state index contributed by atoms with van der Waals surface area (Å²) >= 11 is 0. The monoisotopic (exact) mass is 326 g/mol. The van der Waals surface area contributed by atoms with Gasteiger partial charge in [0.1, 0.15) is 6.04 Å². The van der Waals surface area contributed by atoms with Gasteiger partial charge in [-0.25, -0.2) is 0 Å². The van der Waals surface area contributed by atoms with E-state index < -0.39 is 6.04 Å². The first-order valence-corrected chi connectivity index (χ1v) is 8.55. The summed E-state index contributed by atoms with van der Waals surface area (Å²) in [4.78, 5) is 12.0. The lowest BCUT2D eigenvalue weighted by atomic mass is 9.91. The number of carbonyl (C=O) groups is 1. The molecule has 0 fully saturated rings. The van der Waals surface area contributed by atoms with Crippen molar-refractivity contribution < 1.29 is 4.79 Å².